The third-order valence-corrected chi connectivity index (χ3v) is 3.76. The Balaban J connectivity index is 2.11. The Kier molecular flexibility index (Phi) is 3.69. The summed E-state index contributed by atoms with van der Waals surface area (Å²) in [5.74, 6) is 0.816. The van der Waals surface area contributed by atoms with Gasteiger partial charge in [-0.1, -0.05) is 13.3 Å². The highest BCUT2D eigenvalue weighted by molar-refractivity contribution is 5.66. The summed E-state index contributed by atoms with van der Waals surface area (Å²) in [5, 5.41) is 10.7. The van der Waals surface area contributed by atoms with Crippen LogP contribution in [-0.2, 0) is 0 Å². The maximum absolute atomic E-state index is 10.7. The first-order valence-corrected chi connectivity index (χ1v) is 6.40. The van der Waals surface area contributed by atoms with Gasteiger partial charge in [-0.05, 0) is 30.9 Å². The Hall–Kier alpha value is -1.78. The van der Waals surface area contributed by atoms with Gasteiger partial charge in [0.1, 0.15) is 5.69 Å². The van der Waals surface area contributed by atoms with E-state index in [-0.39, 0.29) is 11.4 Å². The van der Waals surface area contributed by atoms with Crippen molar-refractivity contribution in [2.75, 3.05) is 23.7 Å². The predicted molar refractivity (Wildman–Crippen MR) is 72.7 cm³/mol. The molecule has 0 unspecified atom stereocenters. The van der Waals surface area contributed by atoms with E-state index in [1.807, 2.05) is 0 Å². The molecule has 2 N–H and O–H groups in total. The number of anilines is 2. The number of nitro groups is 1. The molecule has 1 aromatic rings. The van der Waals surface area contributed by atoms with E-state index >= 15 is 0 Å². The van der Waals surface area contributed by atoms with E-state index in [1.54, 1.807) is 12.1 Å². The van der Waals surface area contributed by atoms with Crippen molar-refractivity contribution >= 4 is 17.1 Å². The molecule has 0 bridgehead atoms. The summed E-state index contributed by atoms with van der Waals surface area (Å²) >= 11 is 0. The maximum Gasteiger partial charge on any atom is 0.292 e. The van der Waals surface area contributed by atoms with Crippen LogP contribution in [0.4, 0.5) is 17.1 Å². The van der Waals surface area contributed by atoms with E-state index in [0.717, 1.165) is 24.7 Å². The molecule has 0 aliphatic carbocycles. The normalized spacial score (nSPS) is 16.8. The van der Waals surface area contributed by atoms with Crippen LogP contribution in [-0.4, -0.2) is 18.0 Å². The van der Waals surface area contributed by atoms with Crippen molar-refractivity contribution in [1.82, 2.24) is 0 Å². The molecule has 0 saturated carbocycles. The quantitative estimate of drug-likeness (QED) is 0.508. The van der Waals surface area contributed by atoms with E-state index in [9.17, 15) is 10.1 Å². The number of nitrogen functional groups attached to an aromatic ring is 1. The summed E-state index contributed by atoms with van der Waals surface area (Å²) in [4.78, 5) is 12.5. The molecule has 5 nitrogen and oxygen atoms in total. The van der Waals surface area contributed by atoms with Gasteiger partial charge in [-0.3, -0.25) is 10.1 Å². The highest BCUT2D eigenvalue weighted by atomic mass is 16.6. The zero-order chi connectivity index (χ0) is 13.1. The fourth-order valence-electron chi connectivity index (χ4n) is 2.50. The topological polar surface area (TPSA) is 72.4 Å². The Morgan fingerprint density at radius 3 is 2.61 bits per heavy atom. The number of benzene rings is 1. The first-order valence-electron chi connectivity index (χ1n) is 6.40. The van der Waals surface area contributed by atoms with Crippen molar-refractivity contribution in [2.24, 2.45) is 5.92 Å². The Morgan fingerprint density at radius 1 is 1.44 bits per heavy atom. The molecule has 0 spiro atoms. The number of hydrogen-bond acceptors (Lipinski definition) is 4. The van der Waals surface area contributed by atoms with E-state index in [0.29, 0.717) is 0 Å². The maximum atomic E-state index is 10.7. The smallest absolute Gasteiger partial charge is 0.292 e. The molecule has 1 aliphatic heterocycles. The van der Waals surface area contributed by atoms with Crippen molar-refractivity contribution in [3.63, 3.8) is 0 Å². The molecule has 98 valence electrons. The molecule has 5 heteroatoms. The molecule has 1 saturated heterocycles. The van der Waals surface area contributed by atoms with Crippen LogP contribution in [0.2, 0.25) is 0 Å². The summed E-state index contributed by atoms with van der Waals surface area (Å²) in [6.07, 6.45) is 3.61. The van der Waals surface area contributed by atoms with Gasteiger partial charge in [0, 0.05) is 24.8 Å². The lowest BCUT2D eigenvalue weighted by molar-refractivity contribution is -0.383. The van der Waals surface area contributed by atoms with Gasteiger partial charge in [0.05, 0.1) is 4.92 Å². The first-order chi connectivity index (χ1) is 8.61. The number of nitro benzene ring substituents is 1. The Morgan fingerprint density at radius 2 is 2.11 bits per heavy atom. The molecule has 1 aromatic carbocycles. The number of nitrogens with zero attached hydrogens (tertiary/aromatic N) is 2. The molecule has 0 atom stereocenters. The van der Waals surface area contributed by atoms with Crippen LogP contribution in [0.5, 0.6) is 0 Å². The van der Waals surface area contributed by atoms with E-state index in [4.69, 9.17) is 5.73 Å². The first kappa shape index (κ1) is 12.7. The zero-order valence-electron chi connectivity index (χ0n) is 10.6. The predicted octanol–water partition coefficient (Wildman–Crippen LogP) is 2.80. The molecule has 1 heterocycles. The minimum atomic E-state index is -0.442. The average Bonchev–Trinajstić information content (AvgIpc) is 2.38. The Labute approximate surface area is 107 Å². The summed E-state index contributed by atoms with van der Waals surface area (Å²) < 4.78 is 0. The van der Waals surface area contributed by atoms with Crippen LogP contribution < -0.4 is 10.6 Å². The van der Waals surface area contributed by atoms with Gasteiger partial charge in [-0.25, -0.2) is 0 Å². The van der Waals surface area contributed by atoms with Crippen LogP contribution in [0.3, 0.4) is 0 Å². The molecule has 0 amide bonds. The zero-order valence-corrected chi connectivity index (χ0v) is 10.6. The van der Waals surface area contributed by atoms with Gasteiger partial charge in [0.2, 0.25) is 0 Å². The molecule has 18 heavy (non-hydrogen) atoms. The monoisotopic (exact) mass is 249 g/mol. The molecule has 0 radical (unpaired) electrons. The Bertz CT molecular complexity index is 440. The highest BCUT2D eigenvalue weighted by Gasteiger charge is 2.19. The summed E-state index contributed by atoms with van der Waals surface area (Å²) in [5.41, 5.74) is 6.94. The van der Waals surface area contributed by atoms with Crippen molar-refractivity contribution < 1.29 is 4.92 Å². The van der Waals surface area contributed by atoms with Crippen molar-refractivity contribution in [2.45, 2.75) is 26.2 Å². The van der Waals surface area contributed by atoms with Crippen LogP contribution in [0.25, 0.3) is 0 Å². The van der Waals surface area contributed by atoms with Crippen LogP contribution in [0, 0.1) is 16.0 Å². The lowest BCUT2D eigenvalue weighted by atomic mass is 9.94. The average molecular weight is 249 g/mol. The standard InChI is InChI=1S/C13H19N3O2/c1-2-10-5-7-15(8-6-10)11-3-4-13(16(17)18)12(14)9-11/h3-4,9-10H,2,5-8,14H2,1H3. The second kappa shape index (κ2) is 5.25. The molecule has 2 rings (SSSR count). The molecule has 1 fully saturated rings. The lowest BCUT2D eigenvalue weighted by Crippen LogP contribution is -2.33. The van der Waals surface area contributed by atoms with Crippen molar-refractivity contribution in [3.05, 3.63) is 28.3 Å². The van der Waals surface area contributed by atoms with Gasteiger partial charge in [-0.2, -0.15) is 0 Å². The minimum absolute atomic E-state index is 0.0119. The molecule has 1 aliphatic rings. The van der Waals surface area contributed by atoms with Crippen LogP contribution in [0.1, 0.15) is 26.2 Å². The lowest BCUT2D eigenvalue weighted by Gasteiger charge is -2.33. The van der Waals surface area contributed by atoms with E-state index in [2.05, 4.69) is 11.8 Å². The van der Waals surface area contributed by atoms with Gasteiger partial charge in [0.15, 0.2) is 0 Å². The van der Waals surface area contributed by atoms with Gasteiger partial charge in [-0.15, -0.1) is 0 Å². The van der Waals surface area contributed by atoms with Crippen LogP contribution >= 0.6 is 0 Å². The van der Waals surface area contributed by atoms with Gasteiger partial charge < -0.3 is 10.6 Å². The third kappa shape index (κ3) is 2.55. The number of hydrogen-bond donors (Lipinski definition) is 1. The summed E-state index contributed by atoms with van der Waals surface area (Å²) in [6, 6.07) is 5.00. The summed E-state index contributed by atoms with van der Waals surface area (Å²) in [6.45, 7) is 4.25. The van der Waals surface area contributed by atoms with Crippen molar-refractivity contribution in [1.29, 1.82) is 0 Å². The number of rotatable bonds is 3. The second-order valence-corrected chi connectivity index (χ2v) is 4.84. The summed E-state index contributed by atoms with van der Waals surface area (Å²) in [7, 11) is 0. The van der Waals surface area contributed by atoms with Gasteiger partial charge in [0.25, 0.3) is 5.69 Å². The molecular weight excluding hydrogens is 230 g/mol. The molecule has 0 aromatic heterocycles. The number of nitrogens with two attached hydrogens (primary N) is 1. The van der Waals surface area contributed by atoms with E-state index in [1.165, 1.54) is 25.3 Å². The highest BCUT2D eigenvalue weighted by Crippen LogP contribution is 2.30. The number of piperidine rings is 1. The fourth-order valence-corrected chi connectivity index (χ4v) is 2.50. The largest absolute Gasteiger partial charge is 0.393 e. The van der Waals surface area contributed by atoms with E-state index < -0.39 is 4.92 Å². The second-order valence-electron chi connectivity index (χ2n) is 4.84. The van der Waals surface area contributed by atoms with Crippen LogP contribution in [0.15, 0.2) is 18.2 Å². The third-order valence-electron chi connectivity index (χ3n) is 3.76. The van der Waals surface area contributed by atoms with Gasteiger partial charge >= 0.3 is 0 Å². The fraction of sp³-hybridized carbons (Fsp3) is 0.538. The molecular formula is C13H19N3O2. The minimum Gasteiger partial charge on any atom is -0.393 e. The van der Waals surface area contributed by atoms with Crippen molar-refractivity contribution in [3.8, 4) is 0 Å². The SMILES string of the molecule is CCC1CCN(c2ccc([N+](=O)[O-])c(N)c2)CC1.